The zero-order valence-electron chi connectivity index (χ0n) is 20.0. The summed E-state index contributed by atoms with van der Waals surface area (Å²) in [5.74, 6) is -0.548. The number of likely N-dealkylation sites (N-methyl/N-ethyl adjacent to an activating group) is 1. The second kappa shape index (κ2) is 9.62. The van der Waals surface area contributed by atoms with Crippen LogP contribution in [0.3, 0.4) is 0 Å². The Labute approximate surface area is 210 Å². The van der Waals surface area contributed by atoms with Gasteiger partial charge in [0.25, 0.3) is 0 Å². The number of H-pyrrole nitrogens is 1. The normalized spacial score (nSPS) is 16.7. The van der Waals surface area contributed by atoms with Crippen molar-refractivity contribution in [2.45, 2.75) is 11.3 Å². The minimum Gasteiger partial charge on any atom is -0.494 e. The molecule has 36 heavy (non-hydrogen) atoms. The number of fused-ring (bicyclic) bond motifs is 2. The lowest BCUT2D eigenvalue weighted by Gasteiger charge is -2.32. The molecule has 1 fully saturated rings. The average molecular weight is 508 g/mol. The number of carbonyl (C=O) groups is 1. The van der Waals surface area contributed by atoms with Crippen LogP contribution in [0.5, 0.6) is 5.88 Å². The second-order valence-electron chi connectivity index (χ2n) is 9.27. The van der Waals surface area contributed by atoms with E-state index in [0.717, 1.165) is 39.1 Å². The fourth-order valence-electron chi connectivity index (χ4n) is 4.81. The van der Waals surface area contributed by atoms with Gasteiger partial charge in [-0.25, -0.2) is 13.1 Å². The molecule has 3 aromatic rings. The molecule has 0 spiro atoms. The first-order valence-electron chi connectivity index (χ1n) is 11.9. The molecule has 1 aliphatic carbocycles. The molecule has 10 heteroatoms. The van der Waals surface area contributed by atoms with Crippen molar-refractivity contribution in [3.05, 3.63) is 70.8 Å². The summed E-state index contributed by atoms with van der Waals surface area (Å²) in [6.07, 6.45) is 0.727. The highest BCUT2D eigenvalue weighted by Crippen LogP contribution is 2.39. The number of ketones is 1. The number of carbonyl (C=O) groups excluding carboxylic acids is 1. The standard InChI is InChI=1S/C26H29N5O4S/c1-30-13-15-31(16-14-30)12-4-11-28-36(34,35)18-9-7-17(8-10-18)24-22-21(26(33)29-24)23(27)19-5-2-3-6-20(19)25(22)32/h2-3,5-10,27-29,33H,4,11-16H2,1H3. The first kappa shape index (κ1) is 24.4. The van der Waals surface area contributed by atoms with Crippen molar-refractivity contribution in [2.75, 3.05) is 46.3 Å². The van der Waals surface area contributed by atoms with Crippen molar-refractivity contribution in [3.8, 4) is 17.1 Å². The summed E-state index contributed by atoms with van der Waals surface area (Å²) in [6.45, 7) is 5.25. The van der Waals surface area contributed by atoms with Crippen LogP contribution in [0.25, 0.3) is 11.3 Å². The molecule has 0 saturated carbocycles. The van der Waals surface area contributed by atoms with Crippen molar-refractivity contribution in [3.63, 3.8) is 0 Å². The number of nitrogens with one attached hydrogen (secondary N) is 3. The van der Waals surface area contributed by atoms with Crippen molar-refractivity contribution >= 4 is 21.5 Å². The Balaban J connectivity index is 1.30. The Kier molecular flexibility index (Phi) is 6.52. The Bertz CT molecular complexity index is 1420. The molecule has 0 amide bonds. The zero-order chi connectivity index (χ0) is 25.4. The maximum atomic E-state index is 13.2. The molecule has 5 rings (SSSR count). The van der Waals surface area contributed by atoms with Crippen molar-refractivity contribution in [1.82, 2.24) is 19.5 Å². The lowest BCUT2D eigenvalue weighted by Crippen LogP contribution is -2.45. The van der Waals surface area contributed by atoms with Crippen LogP contribution in [-0.4, -0.2) is 86.1 Å². The van der Waals surface area contributed by atoms with Gasteiger partial charge in [-0.2, -0.15) is 0 Å². The predicted molar refractivity (Wildman–Crippen MR) is 137 cm³/mol. The highest BCUT2D eigenvalue weighted by Gasteiger charge is 2.34. The van der Waals surface area contributed by atoms with Gasteiger partial charge < -0.3 is 19.9 Å². The summed E-state index contributed by atoms with van der Waals surface area (Å²) in [6, 6.07) is 13.0. The van der Waals surface area contributed by atoms with Gasteiger partial charge in [0.1, 0.15) is 0 Å². The SMILES string of the molecule is CN1CCN(CCCNS(=O)(=O)c2ccc(-c3[nH]c(O)c4c3C(=O)c3ccccc3C4=N)cc2)CC1. The maximum Gasteiger partial charge on any atom is 0.240 e. The number of hydrogen-bond acceptors (Lipinski definition) is 7. The summed E-state index contributed by atoms with van der Waals surface area (Å²) >= 11 is 0. The van der Waals surface area contributed by atoms with Gasteiger partial charge in [0.15, 0.2) is 11.7 Å². The van der Waals surface area contributed by atoms with E-state index in [1.54, 1.807) is 36.4 Å². The molecule has 2 aliphatic rings. The third kappa shape index (κ3) is 4.48. The topological polar surface area (TPSA) is 130 Å². The summed E-state index contributed by atoms with van der Waals surface area (Å²) in [4.78, 5) is 20.8. The predicted octanol–water partition coefficient (Wildman–Crippen LogP) is 2.26. The number of hydrogen-bond donors (Lipinski definition) is 4. The van der Waals surface area contributed by atoms with E-state index >= 15 is 0 Å². The summed E-state index contributed by atoms with van der Waals surface area (Å²) < 4.78 is 28.2. The van der Waals surface area contributed by atoms with E-state index in [4.69, 9.17) is 5.41 Å². The van der Waals surface area contributed by atoms with Gasteiger partial charge in [0.2, 0.25) is 10.0 Å². The first-order chi connectivity index (χ1) is 17.3. The monoisotopic (exact) mass is 507 g/mol. The van der Waals surface area contributed by atoms with Crippen molar-refractivity contribution in [2.24, 2.45) is 0 Å². The Morgan fingerprint density at radius 3 is 2.36 bits per heavy atom. The lowest BCUT2D eigenvalue weighted by atomic mass is 9.84. The highest BCUT2D eigenvalue weighted by atomic mass is 32.2. The minimum atomic E-state index is -3.68. The Morgan fingerprint density at radius 1 is 1.00 bits per heavy atom. The molecule has 1 saturated heterocycles. The number of aromatic hydroxyl groups is 1. The molecule has 1 aliphatic heterocycles. The molecule has 0 radical (unpaired) electrons. The molecule has 0 atom stereocenters. The molecule has 4 N–H and O–H groups in total. The van der Waals surface area contributed by atoms with E-state index in [2.05, 4.69) is 26.6 Å². The first-order valence-corrected chi connectivity index (χ1v) is 13.4. The zero-order valence-corrected chi connectivity index (χ0v) is 20.9. The van der Waals surface area contributed by atoms with Crippen LogP contribution >= 0.6 is 0 Å². The molecule has 188 valence electrons. The smallest absolute Gasteiger partial charge is 0.240 e. The molecule has 0 bridgehead atoms. The van der Waals surface area contributed by atoms with Crippen molar-refractivity contribution < 1.29 is 18.3 Å². The average Bonchev–Trinajstić information content (AvgIpc) is 3.24. The van der Waals surface area contributed by atoms with Crippen LogP contribution in [0.2, 0.25) is 0 Å². The second-order valence-corrected chi connectivity index (χ2v) is 11.0. The van der Waals surface area contributed by atoms with E-state index in [0.29, 0.717) is 28.9 Å². The summed E-state index contributed by atoms with van der Waals surface area (Å²) in [5.41, 5.74) is 2.21. The Hall–Kier alpha value is -3.31. The molecular weight excluding hydrogens is 478 g/mol. The number of benzene rings is 2. The van der Waals surface area contributed by atoms with Crippen LogP contribution in [0.4, 0.5) is 0 Å². The van der Waals surface area contributed by atoms with Gasteiger partial charge in [-0.3, -0.25) is 10.2 Å². The number of aromatic amines is 1. The third-order valence-corrected chi connectivity index (χ3v) is 8.37. The number of piperazine rings is 1. The van der Waals surface area contributed by atoms with Crippen LogP contribution < -0.4 is 4.72 Å². The Morgan fingerprint density at radius 2 is 1.67 bits per heavy atom. The van der Waals surface area contributed by atoms with E-state index in [1.807, 2.05) is 0 Å². The largest absolute Gasteiger partial charge is 0.494 e. The lowest BCUT2D eigenvalue weighted by molar-refractivity contribution is 0.103. The fraction of sp³-hybridized carbons (Fsp3) is 0.308. The van der Waals surface area contributed by atoms with E-state index in [9.17, 15) is 18.3 Å². The van der Waals surface area contributed by atoms with Crippen LogP contribution in [0.1, 0.15) is 33.5 Å². The number of nitrogens with zero attached hydrogens (tertiary/aromatic N) is 2. The molecule has 2 aromatic carbocycles. The third-order valence-electron chi connectivity index (χ3n) is 6.89. The van der Waals surface area contributed by atoms with Crippen LogP contribution in [0, 0.1) is 5.41 Å². The van der Waals surface area contributed by atoms with E-state index in [-0.39, 0.29) is 33.4 Å². The number of aromatic nitrogens is 1. The van der Waals surface area contributed by atoms with Gasteiger partial charge in [-0.1, -0.05) is 36.4 Å². The van der Waals surface area contributed by atoms with Crippen molar-refractivity contribution in [1.29, 1.82) is 5.41 Å². The number of rotatable bonds is 7. The van der Waals surface area contributed by atoms with Gasteiger partial charge in [0, 0.05) is 43.9 Å². The van der Waals surface area contributed by atoms with Crippen LogP contribution in [-0.2, 0) is 10.0 Å². The van der Waals surface area contributed by atoms with E-state index in [1.165, 1.54) is 12.1 Å². The highest BCUT2D eigenvalue weighted by molar-refractivity contribution is 7.89. The molecule has 0 unspecified atom stereocenters. The fourth-order valence-corrected chi connectivity index (χ4v) is 5.88. The summed E-state index contributed by atoms with van der Waals surface area (Å²) in [5, 5.41) is 19.0. The quantitative estimate of drug-likeness (QED) is 0.284. The maximum absolute atomic E-state index is 13.2. The van der Waals surface area contributed by atoms with Gasteiger partial charge >= 0.3 is 0 Å². The number of sulfonamides is 1. The molecular formula is C26H29N5O4S. The summed E-state index contributed by atoms with van der Waals surface area (Å²) in [7, 11) is -1.58. The van der Waals surface area contributed by atoms with Gasteiger partial charge in [0.05, 0.1) is 27.4 Å². The van der Waals surface area contributed by atoms with Crippen LogP contribution in [0.15, 0.2) is 53.4 Å². The molecule has 2 heterocycles. The molecule has 1 aromatic heterocycles. The van der Waals surface area contributed by atoms with Gasteiger partial charge in [-0.05, 0) is 37.7 Å². The minimum absolute atomic E-state index is 0.0696. The van der Waals surface area contributed by atoms with E-state index < -0.39 is 10.0 Å². The molecule has 9 nitrogen and oxygen atoms in total. The van der Waals surface area contributed by atoms with Gasteiger partial charge in [-0.15, -0.1) is 0 Å².